The fourth-order valence-electron chi connectivity index (χ4n) is 4.14. The molecule has 0 amide bonds. The van der Waals surface area contributed by atoms with Gasteiger partial charge in [0.05, 0.1) is 10.6 Å². The van der Waals surface area contributed by atoms with Crippen LogP contribution in [0.1, 0.15) is 49.9 Å². The molecule has 0 aliphatic carbocycles. The second-order valence-corrected chi connectivity index (χ2v) is 10.8. The van der Waals surface area contributed by atoms with Gasteiger partial charge >= 0.3 is 5.69 Å². The zero-order valence-electron chi connectivity index (χ0n) is 19.5. The van der Waals surface area contributed by atoms with Crippen LogP contribution in [0.3, 0.4) is 0 Å². The summed E-state index contributed by atoms with van der Waals surface area (Å²) in [7, 11) is -3.74. The van der Waals surface area contributed by atoms with E-state index in [0.29, 0.717) is 19.0 Å². The van der Waals surface area contributed by atoms with Crippen molar-refractivity contribution in [3.63, 3.8) is 0 Å². The molecule has 4 rings (SSSR count). The number of halogens is 1. The number of nitrogens with one attached hydrogen (secondary N) is 2. The largest absolute Gasteiger partial charge is 0.353 e. The van der Waals surface area contributed by atoms with Crippen LogP contribution in [0.25, 0.3) is 0 Å². The van der Waals surface area contributed by atoms with Gasteiger partial charge in [-0.1, -0.05) is 13.8 Å². The number of nitrogens with zero attached hydrogens (tertiary/aromatic N) is 5. The zero-order chi connectivity index (χ0) is 25.3. The number of rotatable bonds is 7. The third-order valence-electron chi connectivity index (χ3n) is 6.02. The molecule has 0 unspecified atom stereocenters. The molecule has 1 aromatic carbocycles. The Morgan fingerprint density at radius 3 is 2.51 bits per heavy atom. The van der Waals surface area contributed by atoms with E-state index in [1.54, 1.807) is 0 Å². The molecular formula is C22H26FN7O4S. The van der Waals surface area contributed by atoms with Crippen molar-refractivity contribution < 1.29 is 17.7 Å². The summed E-state index contributed by atoms with van der Waals surface area (Å²) in [5.41, 5.74) is 1.86. The van der Waals surface area contributed by atoms with Gasteiger partial charge in [0.25, 0.3) is 0 Å². The van der Waals surface area contributed by atoms with Gasteiger partial charge in [-0.25, -0.2) is 22.8 Å². The molecule has 1 fully saturated rings. The third-order valence-corrected chi connectivity index (χ3v) is 7.15. The molecule has 3 heterocycles. The van der Waals surface area contributed by atoms with E-state index in [9.17, 15) is 22.9 Å². The van der Waals surface area contributed by atoms with E-state index in [2.05, 4.69) is 45.4 Å². The second-order valence-electron chi connectivity index (χ2n) is 8.86. The number of aromatic amines is 1. The van der Waals surface area contributed by atoms with Crippen LogP contribution >= 0.6 is 0 Å². The van der Waals surface area contributed by atoms with E-state index in [-0.39, 0.29) is 28.9 Å². The molecule has 1 saturated heterocycles. The van der Waals surface area contributed by atoms with Crippen LogP contribution in [0.5, 0.6) is 0 Å². The summed E-state index contributed by atoms with van der Waals surface area (Å²) in [4.78, 5) is 20.9. The van der Waals surface area contributed by atoms with E-state index < -0.39 is 25.5 Å². The number of sulfone groups is 1. The molecule has 1 aliphatic rings. The standard InChI is InChI=1S/C22H26FN7O4S/c1-13(2)17-11-18(28-27-17)14-6-8-29(9-7-14)22-20(30(31)32)21(24-12-25-22)26-15-4-5-19(16(23)10-15)35(3,33)34/h4-5,10-14H,6-9H2,1-3H3,(H,27,28)(H,24,25,26). The maximum atomic E-state index is 14.3. The summed E-state index contributed by atoms with van der Waals surface area (Å²) in [5.74, 6) is -0.307. The zero-order valence-corrected chi connectivity index (χ0v) is 20.3. The molecule has 0 spiro atoms. The molecular weight excluding hydrogens is 477 g/mol. The molecule has 0 radical (unpaired) electrons. The number of aromatic nitrogens is 4. The average molecular weight is 504 g/mol. The highest BCUT2D eigenvalue weighted by Gasteiger charge is 2.31. The van der Waals surface area contributed by atoms with E-state index in [1.807, 2.05) is 4.90 Å². The Kier molecular flexibility index (Phi) is 6.70. The van der Waals surface area contributed by atoms with Crippen LogP contribution in [-0.2, 0) is 9.84 Å². The Labute approximate surface area is 201 Å². The molecule has 3 aromatic rings. The first-order valence-corrected chi connectivity index (χ1v) is 13.0. The van der Waals surface area contributed by atoms with E-state index >= 15 is 0 Å². The maximum absolute atomic E-state index is 14.3. The fourth-order valence-corrected chi connectivity index (χ4v) is 4.87. The van der Waals surface area contributed by atoms with Gasteiger partial charge in [0, 0.05) is 36.6 Å². The summed E-state index contributed by atoms with van der Waals surface area (Å²) in [6.45, 7) is 5.26. The van der Waals surface area contributed by atoms with E-state index in [1.165, 1.54) is 12.4 Å². The molecule has 0 bridgehead atoms. The lowest BCUT2D eigenvalue weighted by Gasteiger charge is -2.32. The van der Waals surface area contributed by atoms with Crippen molar-refractivity contribution >= 4 is 32.8 Å². The highest BCUT2D eigenvalue weighted by Crippen LogP contribution is 2.37. The molecule has 186 valence electrons. The van der Waals surface area contributed by atoms with Crippen molar-refractivity contribution in [3.05, 3.63) is 57.9 Å². The summed E-state index contributed by atoms with van der Waals surface area (Å²) in [5, 5.41) is 22.2. The van der Waals surface area contributed by atoms with Gasteiger partial charge in [-0.3, -0.25) is 15.2 Å². The number of hydrogen-bond donors (Lipinski definition) is 2. The monoisotopic (exact) mass is 503 g/mol. The van der Waals surface area contributed by atoms with Crippen molar-refractivity contribution in [2.24, 2.45) is 0 Å². The Balaban J connectivity index is 1.55. The van der Waals surface area contributed by atoms with Gasteiger partial charge in [0.1, 0.15) is 17.0 Å². The first-order valence-electron chi connectivity index (χ1n) is 11.1. The van der Waals surface area contributed by atoms with Crippen LogP contribution in [0.4, 0.5) is 27.4 Å². The Morgan fingerprint density at radius 2 is 1.94 bits per heavy atom. The summed E-state index contributed by atoms with van der Waals surface area (Å²) >= 11 is 0. The minimum Gasteiger partial charge on any atom is -0.351 e. The van der Waals surface area contributed by atoms with Crippen LogP contribution in [-0.4, -0.2) is 52.9 Å². The highest BCUT2D eigenvalue weighted by molar-refractivity contribution is 7.90. The topological polar surface area (TPSA) is 147 Å². The predicted molar refractivity (Wildman–Crippen MR) is 128 cm³/mol. The minimum atomic E-state index is -3.74. The van der Waals surface area contributed by atoms with Gasteiger partial charge in [-0.15, -0.1) is 0 Å². The number of nitro groups is 1. The van der Waals surface area contributed by atoms with Crippen molar-refractivity contribution in [2.75, 3.05) is 29.6 Å². The molecule has 0 atom stereocenters. The summed E-state index contributed by atoms with van der Waals surface area (Å²) < 4.78 is 37.6. The second kappa shape index (κ2) is 9.56. The molecule has 0 saturated carbocycles. The smallest absolute Gasteiger partial charge is 0.351 e. The number of benzene rings is 1. The van der Waals surface area contributed by atoms with Crippen molar-refractivity contribution in [2.45, 2.75) is 43.4 Å². The van der Waals surface area contributed by atoms with Gasteiger partial charge in [-0.2, -0.15) is 5.10 Å². The molecule has 1 aliphatic heterocycles. The lowest BCUT2D eigenvalue weighted by molar-refractivity contribution is -0.383. The Morgan fingerprint density at radius 1 is 1.23 bits per heavy atom. The first-order chi connectivity index (χ1) is 16.5. The first kappa shape index (κ1) is 24.5. The number of anilines is 3. The highest BCUT2D eigenvalue weighted by atomic mass is 32.2. The Hall–Kier alpha value is -3.61. The molecule has 11 nitrogen and oxygen atoms in total. The lowest BCUT2D eigenvalue weighted by atomic mass is 9.93. The van der Waals surface area contributed by atoms with Gasteiger partial charge < -0.3 is 10.2 Å². The van der Waals surface area contributed by atoms with Gasteiger partial charge in [-0.05, 0) is 43.0 Å². The average Bonchev–Trinajstić information content (AvgIpc) is 3.29. The van der Waals surface area contributed by atoms with Crippen LogP contribution < -0.4 is 10.2 Å². The minimum absolute atomic E-state index is 0.108. The number of piperidine rings is 1. The van der Waals surface area contributed by atoms with E-state index in [4.69, 9.17) is 0 Å². The van der Waals surface area contributed by atoms with E-state index in [0.717, 1.165) is 42.6 Å². The molecule has 2 aromatic heterocycles. The molecule has 35 heavy (non-hydrogen) atoms. The van der Waals surface area contributed by atoms with Crippen molar-refractivity contribution in [1.29, 1.82) is 0 Å². The third kappa shape index (κ3) is 5.24. The number of H-pyrrole nitrogens is 1. The Bertz CT molecular complexity index is 1350. The predicted octanol–water partition coefficient (Wildman–Crippen LogP) is 3.90. The van der Waals surface area contributed by atoms with Gasteiger partial charge in [0.2, 0.25) is 11.6 Å². The molecule has 13 heteroatoms. The summed E-state index contributed by atoms with van der Waals surface area (Å²) in [6.07, 6.45) is 3.64. The van der Waals surface area contributed by atoms with Crippen LogP contribution in [0.15, 0.2) is 35.5 Å². The molecule has 2 N–H and O–H groups in total. The van der Waals surface area contributed by atoms with Crippen LogP contribution in [0, 0.1) is 15.9 Å². The number of hydrogen-bond acceptors (Lipinski definition) is 9. The SMILES string of the molecule is CC(C)c1cc(C2CCN(c3ncnc(Nc4ccc(S(C)(=O)=O)c(F)c4)c3[N+](=O)[O-])CC2)[nH]n1. The van der Waals surface area contributed by atoms with Crippen molar-refractivity contribution in [3.8, 4) is 0 Å². The normalized spacial score (nSPS) is 14.9. The lowest BCUT2D eigenvalue weighted by Crippen LogP contribution is -2.34. The quantitative estimate of drug-likeness (QED) is 0.362. The van der Waals surface area contributed by atoms with Gasteiger partial charge in [0.15, 0.2) is 9.84 Å². The van der Waals surface area contributed by atoms with Crippen LogP contribution in [0.2, 0.25) is 0 Å². The summed E-state index contributed by atoms with van der Waals surface area (Å²) in [6, 6.07) is 5.47. The maximum Gasteiger partial charge on any atom is 0.353 e. The van der Waals surface area contributed by atoms with Crippen molar-refractivity contribution in [1.82, 2.24) is 20.2 Å². The fraction of sp³-hybridized carbons (Fsp3) is 0.409.